The second-order valence-electron chi connectivity index (χ2n) is 5.86. The fraction of sp³-hybridized carbons (Fsp3) is 0.562. The number of aryl methyl sites for hydroxylation is 1. The molecule has 0 atom stereocenters. The maximum Gasteiger partial charge on any atom is 0.303 e. The lowest BCUT2D eigenvalue weighted by atomic mass is 9.85. The number of hydrogen-bond donors (Lipinski definition) is 1. The Morgan fingerprint density at radius 2 is 1.75 bits per heavy atom. The first-order valence-electron chi connectivity index (χ1n) is 6.76. The van der Waals surface area contributed by atoms with Crippen LogP contribution in [0.1, 0.15) is 44.7 Å². The third-order valence-electron chi connectivity index (χ3n) is 3.25. The molecule has 0 aliphatic heterocycles. The molecule has 1 aromatic rings. The van der Waals surface area contributed by atoms with E-state index in [1.807, 2.05) is 12.1 Å². The van der Waals surface area contributed by atoms with E-state index in [1.54, 1.807) is 14.2 Å². The van der Waals surface area contributed by atoms with Gasteiger partial charge in [-0.1, -0.05) is 20.8 Å². The molecule has 0 aliphatic rings. The van der Waals surface area contributed by atoms with Gasteiger partial charge in [-0.15, -0.1) is 0 Å². The van der Waals surface area contributed by atoms with Crippen LogP contribution < -0.4 is 9.47 Å². The van der Waals surface area contributed by atoms with Crippen molar-refractivity contribution in [2.24, 2.45) is 0 Å². The molecule has 0 saturated carbocycles. The Morgan fingerprint density at radius 3 is 2.20 bits per heavy atom. The van der Waals surface area contributed by atoms with E-state index in [0.29, 0.717) is 12.8 Å². The molecule has 0 spiro atoms. The van der Waals surface area contributed by atoms with Gasteiger partial charge in [-0.25, -0.2) is 0 Å². The van der Waals surface area contributed by atoms with Crippen molar-refractivity contribution in [1.82, 2.24) is 0 Å². The number of carboxylic acid groups (broad SMARTS) is 1. The van der Waals surface area contributed by atoms with E-state index in [1.165, 1.54) is 0 Å². The summed E-state index contributed by atoms with van der Waals surface area (Å²) < 4.78 is 10.9. The third kappa shape index (κ3) is 4.15. The highest BCUT2D eigenvalue weighted by molar-refractivity contribution is 5.66. The summed E-state index contributed by atoms with van der Waals surface area (Å²) >= 11 is 0. The smallest absolute Gasteiger partial charge is 0.303 e. The summed E-state index contributed by atoms with van der Waals surface area (Å²) in [5.41, 5.74) is 2.02. The van der Waals surface area contributed by atoms with Crippen molar-refractivity contribution in [2.75, 3.05) is 14.2 Å². The van der Waals surface area contributed by atoms with Crippen molar-refractivity contribution in [3.8, 4) is 11.5 Å². The quantitative estimate of drug-likeness (QED) is 0.867. The molecule has 0 radical (unpaired) electrons. The summed E-state index contributed by atoms with van der Waals surface area (Å²) in [6, 6.07) is 3.95. The monoisotopic (exact) mass is 280 g/mol. The zero-order valence-corrected chi connectivity index (χ0v) is 12.9. The van der Waals surface area contributed by atoms with Crippen molar-refractivity contribution in [3.05, 3.63) is 23.3 Å². The number of hydrogen-bond acceptors (Lipinski definition) is 3. The molecule has 4 heteroatoms. The molecule has 0 bridgehead atoms. The van der Waals surface area contributed by atoms with Crippen molar-refractivity contribution < 1.29 is 19.4 Å². The van der Waals surface area contributed by atoms with Gasteiger partial charge >= 0.3 is 5.97 Å². The van der Waals surface area contributed by atoms with Crippen molar-refractivity contribution in [2.45, 2.75) is 45.4 Å². The van der Waals surface area contributed by atoms with Crippen LogP contribution >= 0.6 is 0 Å². The molecule has 0 aromatic heterocycles. The largest absolute Gasteiger partial charge is 0.496 e. The highest BCUT2D eigenvalue weighted by Crippen LogP contribution is 2.37. The molecule has 0 aliphatic carbocycles. The van der Waals surface area contributed by atoms with Crippen molar-refractivity contribution in [3.63, 3.8) is 0 Å². The number of carboxylic acids is 1. The molecule has 0 heterocycles. The minimum atomic E-state index is -0.776. The fourth-order valence-corrected chi connectivity index (χ4v) is 2.17. The number of ether oxygens (including phenoxy) is 2. The maximum absolute atomic E-state index is 10.6. The Hall–Kier alpha value is -1.71. The van der Waals surface area contributed by atoms with Gasteiger partial charge in [-0.05, 0) is 36.0 Å². The van der Waals surface area contributed by atoms with E-state index in [9.17, 15) is 4.79 Å². The predicted molar refractivity (Wildman–Crippen MR) is 78.8 cm³/mol. The molecular formula is C16H24O4. The van der Waals surface area contributed by atoms with Gasteiger partial charge in [-0.2, -0.15) is 0 Å². The molecule has 1 N–H and O–H groups in total. The minimum Gasteiger partial charge on any atom is -0.496 e. The summed E-state index contributed by atoms with van der Waals surface area (Å²) in [5.74, 6) is 0.840. The second-order valence-corrected chi connectivity index (χ2v) is 5.86. The molecular weight excluding hydrogens is 256 g/mol. The van der Waals surface area contributed by atoms with Crippen LogP contribution in [-0.4, -0.2) is 25.3 Å². The number of methoxy groups -OCH3 is 2. The van der Waals surface area contributed by atoms with Crippen LogP contribution in [0.15, 0.2) is 12.1 Å². The van der Waals surface area contributed by atoms with Gasteiger partial charge in [0, 0.05) is 12.0 Å². The van der Waals surface area contributed by atoms with E-state index in [4.69, 9.17) is 14.6 Å². The standard InChI is InChI=1S/C16H24O4/c1-16(2,3)12-10-13(19-4)11(9-14(12)20-5)7-6-8-15(17)18/h9-10H,6-8H2,1-5H3,(H,17,18). The van der Waals surface area contributed by atoms with Gasteiger partial charge in [0.2, 0.25) is 0 Å². The lowest BCUT2D eigenvalue weighted by Gasteiger charge is -2.24. The van der Waals surface area contributed by atoms with Gasteiger partial charge in [0.1, 0.15) is 11.5 Å². The topological polar surface area (TPSA) is 55.8 Å². The van der Waals surface area contributed by atoms with Gasteiger partial charge < -0.3 is 14.6 Å². The number of carbonyl (C=O) groups is 1. The van der Waals surface area contributed by atoms with E-state index in [-0.39, 0.29) is 11.8 Å². The molecule has 0 amide bonds. The normalized spacial score (nSPS) is 11.2. The molecule has 0 fully saturated rings. The second kappa shape index (κ2) is 6.64. The molecule has 1 aromatic carbocycles. The van der Waals surface area contributed by atoms with Gasteiger partial charge in [0.25, 0.3) is 0 Å². The van der Waals surface area contributed by atoms with Crippen LogP contribution in [0.5, 0.6) is 11.5 Å². The number of aliphatic carboxylic acids is 1. The van der Waals surface area contributed by atoms with E-state index < -0.39 is 5.97 Å². The van der Waals surface area contributed by atoms with Crippen LogP contribution in [-0.2, 0) is 16.6 Å². The molecule has 0 saturated heterocycles. The zero-order valence-electron chi connectivity index (χ0n) is 12.9. The minimum absolute atomic E-state index is 0.0434. The maximum atomic E-state index is 10.6. The number of rotatable bonds is 6. The van der Waals surface area contributed by atoms with Gasteiger partial charge in [-0.3, -0.25) is 4.79 Å². The summed E-state index contributed by atoms with van der Waals surface area (Å²) in [4.78, 5) is 10.6. The Balaban J connectivity index is 3.09. The average molecular weight is 280 g/mol. The Labute approximate surface area is 120 Å². The highest BCUT2D eigenvalue weighted by atomic mass is 16.5. The fourth-order valence-electron chi connectivity index (χ4n) is 2.17. The third-order valence-corrected chi connectivity index (χ3v) is 3.25. The van der Waals surface area contributed by atoms with Crippen molar-refractivity contribution in [1.29, 1.82) is 0 Å². The first-order chi connectivity index (χ1) is 9.29. The lowest BCUT2D eigenvalue weighted by molar-refractivity contribution is -0.137. The number of benzene rings is 1. The van der Waals surface area contributed by atoms with Crippen LogP contribution in [0, 0.1) is 0 Å². The Morgan fingerprint density at radius 1 is 1.15 bits per heavy atom. The molecule has 112 valence electrons. The summed E-state index contributed by atoms with van der Waals surface area (Å²) in [7, 11) is 3.28. The van der Waals surface area contributed by atoms with E-state index in [2.05, 4.69) is 20.8 Å². The van der Waals surface area contributed by atoms with Gasteiger partial charge in [0.05, 0.1) is 14.2 Å². The first-order valence-corrected chi connectivity index (χ1v) is 6.76. The van der Waals surface area contributed by atoms with Crippen LogP contribution in [0.2, 0.25) is 0 Å². The molecule has 1 rings (SSSR count). The van der Waals surface area contributed by atoms with Crippen LogP contribution in [0.3, 0.4) is 0 Å². The van der Waals surface area contributed by atoms with Crippen LogP contribution in [0.4, 0.5) is 0 Å². The van der Waals surface area contributed by atoms with Crippen LogP contribution in [0.25, 0.3) is 0 Å². The Bertz CT molecular complexity index is 472. The van der Waals surface area contributed by atoms with E-state index >= 15 is 0 Å². The highest BCUT2D eigenvalue weighted by Gasteiger charge is 2.21. The zero-order chi connectivity index (χ0) is 15.3. The first kappa shape index (κ1) is 16.3. The Kier molecular flexibility index (Phi) is 5.43. The summed E-state index contributed by atoms with van der Waals surface area (Å²) in [6.45, 7) is 6.36. The molecule has 0 unspecified atom stereocenters. The van der Waals surface area contributed by atoms with E-state index in [0.717, 1.165) is 22.6 Å². The summed E-state index contributed by atoms with van der Waals surface area (Å²) in [5, 5.41) is 8.71. The SMILES string of the molecule is COc1cc(C(C)(C)C)c(OC)cc1CCCC(=O)O. The van der Waals surface area contributed by atoms with Gasteiger partial charge in [0.15, 0.2) is 0 Å². The molecule has 4 nitrogen and oxygen atoms in total. The predicted octanol–water partition coefficient (Wildman–Crippen LogP) is 3.41. The lowest BCUT2D eigenvalue weighted by Crippen LogP contribution is -2.13. The van der Waals surface area contributed by atoms with Crippen molar-refractivity contribution >= 4 is 5.97 Å². The molecule has 20 heavy (non-hydrogen) atoms. The average Bonchev–Trinajstić information content (AvgIpc) is 2.36. The summed E-state index contributed by atoms with van der Waals surface area (Å²) in [6.07, 6.45) is 1.41.